The van der Waals surface area contributed by atoms with Crippen molar-refractivity contribution in [3.05, 3.63) is 199 Å². The summed E-state index contributed by atoms with van der Waals surface area (Å²) in [6.07, 6.45) is 9.00. The van der Waals surface area contributed by atoms with E-state index < -0.39 is 0 Å². The number of hydrogen-bond acceptors (Lipinski definition) is 0. The second kappa shape index (κ2) is 19.2. The van der Waals surface area contributed by atoms with Gasteiger partial charge in [0.05, 0.1) is 0 Å². The molecular formula is C49H44Cl2Zr-2. The zero-order chi connectivity index (χ0) is 34.9. The summed E-state index contributed by atoms with van der Waals surface area (Å²) in [7, 11) is 0. The molecule has 52 heavy (non-hydrogen) atoms. The molecule has 0 aromatic heterocycles. The smallest absolute Gasteiger partial charge is 0.0259 e. The summed E-state index contributed by atoms with van der Waals surface area (Å²) < 4.78 is 1.42. The Hall–Kier alpha value is -4.00. The minimum atomic E-state index is 0. The van der Waals surface area contributed by atoms with Gasteiger partial charge in [0.25, 0.3) is 0 Å². The van der Waals surface area contributed by atoms with Crippen molar-refractivity contribution in [1.82, 2.24) is 0 Å². The molecule has 0 nitrogen and oxygen atoms in total. The predicted octanol–water partition coefficient (Wildman–Crippen LogP) is 7.21. The number of allylic oxidation sites excluding steroid dienone is 4. The average Bonchev–Trinajstić information content (AvgIpc) is 3.81. The van der Waals surface area contributed by atoms with Crippen molar-refractivity contribution in [2.45, 2.75) is 34.1 Å². The molecule has 0 fully saturated rings. The Morgan fingerprint density at radius 2 is 0.981 bits per heavy atom. The molecule has 0 saturated carbocycles. The number of benzene rings is 6. The van der Waals surface area contributed by atoms with Crippen LogP contribution >= 0.6 is 0 Å². The third-order valence-corrected chi connectivity index (χ3v) is 10.6. The SMILES string of the molecule is CCC1[C-]=CC(C(C)(C)C)=C1.[Cl-].[Cl-].[Zr+2]=[C](c1ccccc1)c1ccccc1.c1ccc(-c2ccc3c(c2)[cH-]c2cc(-c4ccccc4)ccc23)cc1. The molecule has 1 unspecified atom stereocenters. The number of fused-ring (bicyclic) bond motifs is 3. The Kier molecular flexibility index (Phi) is 15.0. The van der Waals surface area contributed by atoms with Crippen LogP contribution in [0.25, 0.3) is 43.8 Å². The Labute approximate surface area is 337 Å². The van der Waals surface area contributed by atoms with Gasteiger partial charge in [-0.15, -0.1) is 39.7 Å². The first-order valence-corrected chi connectivity index (χ1v) is 18.8. The standard InChI is InChI=1S/C25H17.C13H10.C11H17.2ClH.Zr/c1-3-7-18(8-4-1)20-11-13-24-22(15-20)17-23-16-21(12-14-25(23)24)19-9-5-2-6-10-19;1-3-7-12(8-4-1)11-13-9-5-2-6-10-13;1-5-9-6-7-10(8-9)11(2,3)4;;;/h1-17H;1-10H;7-9H,5H2,1-4H3;2*1H;/q-1;;-1;;;+2/p-2. The molecule has 260 valence electrons. The quantitative estimate of drug-likeness (QED) is 0.162. The van der Waals surface area contributed by atoms with Crippen LogP contribution in [0.4, 0.5) is 0 Å². The normalized spacial score (nSPS) is 13.1. The van der Waals surface area contributed by atoms with E-state index in [4.69, 9.17) is 0 Å². The van der Waals surface area contributed by atoms with Crippen molar-refractivity contribution in [1.29, 1.82) is 0 Å². The molecule has 7 aromatic rings. The van der Waals surface area contributed by atoms with Crippen LogP contribution in [0.5, 0.6) is 0 Å². The van der Waals surface area contributed by atoms with Crippen molar-refractivity contribution in [3.8, 4) is 22.3 Å². The van der Waals surface area contributed by atoms with Crippen LogP contribution in [0, 0.1) is 17.4 Å². The van der Waals surface area contributed by atoms with Crippen LogP contribution in [-0.2, 0) is 24.2 Å². The van der Waals surface area contributed by atoms with Gasteiger partial charge in [0.15, 0.2) is 0 Å². The molecule has 8 rings (SSSR count). The molecule has 1 atom stereocenters. The Morgan fingerprint density at radius 1 is 0.577 bits per heavy atom. The van der Waals surface area contributed by atoms with Crippen LogP contribution in [0.2, 0.25) is 0 Å². The maximum absolute atomic E-state index is 3.35. The third kappa shape index (κ3) is 10.3. The van der Waals surface area contributed by atoms with E-state index >= 15 is 0 Å². The van der Waals surface area contributed by atoms with Crippen molar-refractivity contribution in [2.24, 2.45) is 11.3 Å². The summed E-state index contributed by atoms with van der Waals surface area (Å²) in [6, 6.07) is 58.1. The minimum Gasteiger partial charge on any atom is -0.126 e. The number of halogens is 2. The van der Waals surface area contributed by atoms with E-state index in [0.29, 0.717) is 11.3 Å². The van der Waals surface area contributed by atoms with Crippen LogP contribution in [0.1, 0.15) is 45.2 Å². The van der Waals surface area contributed by atoms with Crippen molar-refractivity contribution < 1.29 is 49.0 Å². The second-order valence-corrected chi connectivity index (χ2v) is 15.0. The maximum atomic E-state index is 3.35. The molecule has 1 aliphatic carbocycles. The Bertz CT molecular complexity index is 2090. The van der Waals surface area contributed by atoms with Gasteiger partial charge in [0.1, 0.15) is 0 Å². The maximum Gasteiger partial charge on any atom is -0.0259 e. The summed E-state index contributed by atoms with van der Waals surface area (Å²) in [5.74, 6) is 0.573. The van der Waals surface area contributed by atoms with Gasteiger partial charge >= 0.3 is 99.2 Å². The van der Waals surface area contributed by atoms with E-state index in [1.165, 1.54) is 94.4 Å². The fourth-order valence-corrected chi connectivity index (χ4v) is 7.05. The van der Waals surface area contributed by atoms with Gasteiger partial charge in [0.2, 0.25) is 0 Å². The van der Waals surface area contributed by atoms with Crippen molar-refractivity contribution >= 4 is 24.8 Å². The first-order chi connectivity index (χ1) is 24.3. The van der Waals surface area contributed by atoms with E-state index in [0.717, 1.165) is 0 Å². The van der Waals surface area contributed by atoms with E-state index in [1.807, 2.05) is 0 Å². The molecule has 7 aromatic carbocycles. The van der Waals surface area contributed by atoms with Crippen LogP contribution in [0.15, 0.2) is 182 Å². The average molecular weight is 795 g/mol. The van der Waals surface area contributed by atoms with E-state index in [9.17, 15) is 0 Å². The molecular weight excluding hydrogens is 751 g/mol. The van der Waals surface area contributed by atoms with Gasteiger partial charge in [-0.25, -0.2) is 6.08 Å². The van der Waals surface area contributed by atoms with Gasteiger partial charge in [-0.1, -0.05) is 142 Å². The van der Waals surface area contributed by atoms with Crippen LogP contribution in [-0.4, -0.2) is 3.21 Å². The molecule has 3 heteroatoms. The molecule has 1 aliphatic rings. The molecule has 0 bridgehead atoms. The zero-order valence-corrected chi connectivity index (χ0v) is 34.3. The summed E-state index contributed by atoms with van der Waals surface area (Å²) in [4.78, 5) is 0. The van der Waals surface area contributed by atoms with Gasteiger partial charge in [-0.3, -0.25) is 6.08 Å². The van der Waals surface area contributed by atoms with Crippen molar-refractivity contribution in [3.63, 3.8) is 0 Å². The van der Waals surface area contributed by atoms with Gasteiger partial charge < -0.3 is 24.8 Å². The largest absolute Gasteiger partial charge is 0.126 e. The Balaban J connectivity index is 0.000000191. The summed E-state index contributed by atoms with van der Waals surface area (Å²) in [6.45, 7) is 8.94. The molecule has 0 saturated heterocycles. The molecule has 0 N–H and O–H groups in total. The summed E-state index contributed by atoms with van der Waals surface area (Å²) in [5.41, 5.74) is 9.47. The van der Waals surface area contributed by atoms with E-state index in [1.54, 1.807) is 0 Å². The van der Waals surface area contributed by atoms with Crippen LogP contribution in [0.3, 0.4) is 0 Å². The van der Waals surface area contributed by atoms with E-state index in [-0.39, 0.29) is 24.8 Å². The molecule has 0 spiro atoms. The van der Waals surface area contributed by atoms with Crippen LogP contribution < -0.4 is 24.8 Å². The first-order valence-electron chi connectivity index (χ1n) is 17.5. The molecule has 0 amide bonds. The monoisotopic (exact) mass is 792 g/mol. The fraction of sp³-hybridized carbons (Fsp3) is 0.143. The fourth-order valence-electron chi connectivity index (χ4n) is 6.23. The minimum absolute atomic E-state index is 0. The number of rotatable bonds is 5. The topological polar surface area (TPSA) is 0 Å². The molecule has 0 heterocycles. The number of hydrogen-bond donors (Lipinski definition) is 0. The third-order valence-electron chi connectivity index (χ3n) is 9.18. The Morgan fingerprint density at radius 3 is 1.33 bits per heavy atom. The second-order valence-electron chi connectivity index (χ2n) is 13.8. The molecule has 0 radical (unpaired) electrons. The predicted molar refractivity (Wildman–Crippen MR) is 213 cm³/mol. The zero-order valence-electron chi connectivity index (χ0n) is 30.3. The molecule has 0 aliphatic heterocycles. The van der Waals surface area contributed by atoms with Gasteiger partial charge in [0, 0.05) is 0 Å². The van der Waals surface area contributed by atoms with E-state index in [2.05, 4.69) is 210 Å². The first kappa shape index (κ1) is 40.8. The summed E-state index contributed by atoms with van der Waals surface area (Å²) >= 11 is 1.46. The van der Waals surface area contributed by atoms with Gasteiger partial charge in [-0.05, 0) is 11.1 Å². The summed E-state index contributed by atoms with van der Waals surface area (Å²) in [5, 5.41) is 5.27. The van der Waals surface area contributed by atoms with Gasteiger partial charge in [-0.2, -0.15) is 11.6 Å². The van der Waals surface area contributed by atoms with Crippen molar-refractivity contribution in [2.75, 3.05) is 0 Å².